The molecular weight excluding hydrogens is 587 g/mol. The Morgan fingerprint density at radius 3 is 2.61 bits per heavy atom. The van der Waals surface area contributed by atoms with Crippen LogP contribution in [0, 0.1) is 5.82 Å². The lowest BCUT2D eigenvalue weighted by molar-refractivity contribution is -0.142. The maximum atomic E-state index is 15.0. The van der Waals surface area contributed by atoms with Crippen LogP contribution in [0.15, 0.2) is 60.0 Å². The first-order chi connectivity index (χ1) is 21.0. The van der Waals surface area contributed by atoms with E-state index in [0.717, 1.165) is 0 Å². The molecule has 44 heavy (non-hydrogen) atoms. The molecule has 1 fully saturated rings. The van der Waals surface area contributed by atoms with E-state index in [-0.39, 0.29) is 46.4 Å². The molecule has 1 aliphatic rings. The first-order valence-electron chi connectivity index (χ1n) is 14.2. The maximum Gasteiger partial charge on any atom is 0.355 e. The van der Waals surface area contributed by atoms with Gasteiger partial charge in [-0.25, -0.2) is 18.7 Å². The number of hydrogen-bond donors (Lipinski definition) is 0. The van der Waals surface area contributed by atoms with E-state index < -0.39 is 17.5 Å². The van der Waals surface area contributed by atoms with Gasteiger partial charge in [-0.15, -0.1) is 0 Å². The van der Waals surface area contributed by atoms with Crippen molar-refractivity contribution in [2.45, 2.75) is 46.3 Å². The highest BCUT2D eigenvalue weighted by atomic mass is 35.5. The molecule has 0 N–H and O–H groups in total. The zero-order valence-corrected chi connectivity index (χ0v) is 25.6. The summed E-state index contributed by atoms with van der Waals surface area (Å²) in [4.78, 5) is 55.8. The third kappa shape index (κ3) is 5.79. The molecule has 1 aliphatic heterocycles. The van der Waals surface area contributed by atoms with E-state index in [0.29, 0.717) is 47.8 Å². The Morgan fingerprint density at radius 1 is 1.20 bits per heavy atom. The van der Waals surface area contributed by atoms with Crippen LogP contribution in [0.25, 0.3) is 28.0 Å². The number of carbonyl (C=O) groups excluding carboxylic acids is 2. The number of benzene rings is 1. The predicted octanol–water partition coefficient (Wildman–Crippen LogP) is 5.04. The molecule has 0 radical (unpaired) electrons. The summed E-state index contributed by atoms with van der Waals surface area (Å²) < 4.78 is 21.7. The number of esters is 1. The number of fused-ring (bicyclic) bond motifs is 1. The first kappa shape index (κ1) is 30.8. The highest BCUT2D eigenvalue weighted by Gasteiger charge is 2.31. The third-order valence-electron chi connectivity index (χ3n) is 7.55. The van der Waals surface area contributed by atoms with Crippen LogP contribution < -0.4 is 10.6 Å². The summed E-state index contributed by atoms with van der Waals surface area (Å²) in [5, 5.41) is 0.612. The van der Waals surface area contributed by atoms with Crippen LogP contribution in [0.4, 0.5) is 10.2 Å². The minimum Gasteiger partial charge on any atom is -0.461 e. The summed E-state index contributed by atoms with van der Waals surface area (Å²) >= 11 is 6.78. The van der Waals surface area contributed by atoms with Crippen LogP contribution in [0.2, 0.25) is 5.02 Å². The van der Waals surface area contributed by atoms with E-state index in [1.54, 1.807) is 41.4 Å². The molecule has 10 nitrogen and oxygen atoms in total. The Hall–Kier alpha value is -4.64. The van der Waals surface area contributed by atoms with Gasteiger partial charge < -0.3 is 14.5 Å². The summed E-state index contributed by atoms with van der Waals surface area (Å²) in [6.45, 7) is 11.7. The van der Waals surface area contributed by atoms with E-state index in [1.807, 2.05) is 25.7 Å². The summed E-state index contributed by atoms with van der Waals surface area (Å²) in [6.07, 6.45) is 2.87. The number of anilines is 1. The second kappa shape index (κ2) is 12.5. The minimum absolute atomic E-state index is 0.118. The number of amides is 1. The van der Waals surface area contributed by atoms with Crippen molar-refractivity contribution in [1.29, 1.82) is 0 Å². The number of carbonyl (C=O) groups is 2. The Balaban J connectivity index is 1.82. The smallest absolute Gasteiger partial charge is 0.355 e. The van der Waals surface area contributed by atoms with Crippen molar-refractivity contribution in [3.05, 3.63) is 87.8 Å². The van der Waals surface area contributed by atoms with Gasteiger partial charge in [-0.2, -0.15) is 4.98 Å². The monoisotopic (exact) mass is 618 g/mol. The molecular formula is C32H32ClFN6O4. The quantitative estimate of drug-likeness (QED) is 0.209. The summed E-state index contributed by atoms with van der Waals surface area (Å²) in [7, 11) is 0. The lowest BCUT2D eigenvalue weighted by Crippen LogP contribution is -2.54. The van der Waals surface area contributed by atoms with E-state index in [9.17, 15) is 14.4 Å². The van der Waals surface area contributed by atoms with Gasteiger partial charge in [-0.1, -0.05) is 44.2 Å². The third-order valence-corrected chi connectivity index (χ3v) is 7.84. The first-order valence-corrected chi connectivity index (χ1v) is 14.6. The average Bonchev–Trinajstić information content (AvgIpc) is 2.99. The molecule has 4 aromatic rings. The van der Waals surface area contributed by atoms with Gasteiger partial charge in [0.05, 0.1) is 27.5 Å². The SMILES string of the molecule is C=CC(=O)N1CCN(c2nc(=O)n(-c3c(COC(C)=O)ccnc3C(C)C)c3nc(-c4ccccc4F)c(Cl)cc23)[C@@H](C)C1. The highest BCUT2D eigenvalue weighted by molar-refractivity contribution is 6.33. The molecule has 228 valence electrons. The minimum atomic E-state index is -0.655. The Bertz CT molecular complexity index is 1840. The fraction of sp³-hybridized carbons (Fsp3) is 0.312. The molecule has 1 atom stereocenters. The standard InChI is InChI=1S/C32H32ClFN6O4/c1-6-26(42)38-13-14-39(19(4)16-38)30-23-15-24(33)28(22-9-7-8-10-25(22)34)36-31(23)40(32(43)37-30)29-21(17-44-20(5)41)11-12-35-27(29)18(2)3/h6-12,15,18-19H,1,13-14,16-17H2,2-5H3/t19-/m0/s1. The number of halogens is 2. The van der Waals surface area contributed by atoms with E-state index >= 15 is 4.39 Å². The van der Waals surface area contributed by atoms with Crippen molar-refractivity contribution >= 4 is 40.3 Å². The number of ether oxygens (including phenoxy) is 1. The Labute approximate surface area is 258 Å². The number of nitrogens with zero attached hydrogens (tertiary/aromatic N) is 6. The molecule has 0 unspecified atom stereocenters. The molecule has 0 bridgehead atoms. The fourth-order valence-corrected chi connectivity index (χ4v) is 5.71. The van der Waals surface area contributed by atoms with Crippen LogP contribution in [0.5, 0.6) is 0 Å². The normalized spacial score (nSPS) is 15.1. The zero-order valence-electron chi connectivity index (χ0n) is 24.9. The van der Waals surface area contributed by atoms with Crippen LogP contribution in [0.3, 0.4) is 0 Å². The molecule has 5 rings (SSSR count). The molecule has 3 aromatic heterocycles. The predicted molar refractivity (Wildman–Crippen MR) is 166 cm³/mol. The second-order valence-corrected chi connectivity index (χ2v) is 11.3. The Kier molecular flexibility index (Phi) is 8.78. The van der Waals surface area contributed by atoms with Gasteiger partial charge in [-0.3, -0.25) is 14.6 Å². The van der Waals surface area contributed by atoms with Gasteiger partial charge >= 0.3 is 11.7 Å². The van der Waals surface area contributed by atoms with Gasteiger partial charge in [0.1, 0.15) is 18.2 Å². The van der Waals surface area contributed by atoms with Crippen molar-refractivity contribution in [2.24, 2.45) is 0 Å². The summed E-state index contributed by atoms with van der Waals surface area (Å²) in [5.41, 5.74) is 1.29. The topological polar surface area (TPSA) is 111 Å². The second-order valence-electron chi connectivity index (χ2n) is 10.9. The molecule has 4 heterocycles. The zero-order chi connectivity index (χ0) is 31.7. The molecule has 1 saturated heterocycles. The van der Waals surface area contributed by atoms with Gasteiger partial charge in [0.2, 0.25) is 5.91 Å². The molecule has 12 heteroatoms. The van der Waals surface area contributed by atoms with Gasteiger partial charge in [-0.05, 0) is 43.2 Å². The van der Waals surface area contributed by atoms with Crippen molar-refractivity contribution in [3.63, 3.8) is 0 Å². The van der Waals surface area contributed by atoms with E-state index in [1.165, 1.54) is 23.6 Å². The summed E-state index contributed by atoms with van der Waals surface area (Å²) in [6, 6.07) is 9.20. The van der Waals surface area contributed by atoms with Crippen molar-refractivity contribution in [2.75, 3.05) is 24.5 Å². The number of hydrogen-bond acceptors (Lipinski definition) is 8. The van der Waals surface area contributed by atoms with Gasteiger partial charge in [0.25, 0.3) is 0 Å². The van der Waals surface area contributed by atoms with Crippen LogP contribution >= 0.6 is 11.6 Å². The van der Waals surface area contributed by atoms with Crippen LogP contribution in [-0.4, -0.2) is 62.0 Å². The molecule has 0 spiro atoms. The lowest BCUT2D eigenvalue weighted by atomic mass is 10.0. The molecule has 1 aromatic carbocycles. The van der Waals surface area contributed by atoms with Crippen molar-refractivity contribution < 1.29 is 18.7 Å². The molecule has 1 amide bonds. The number of piperazine rings is 1. The fourth-order valence-electron chi connectivity index (χ4n) is 5.46. The summed E-state index contributed by atoms with van der Waals surface area (Å²) in [5.74, 6) is -0.995. The number of pyridine rings is 2. The Morgan fingerprint density at radius 2 is 1.95 bits per heavy atom. The molecule has 0 aliphatic carbocycles. The molecule has 0 saturated carbocycles. The van der Waals surface area contributed by atoms with E-state index in [4.69, 9.17) is 21.3 Å². The van der Waals surface area contributed by atoms with Gasteiger partial charge in [0, 0.05) is 49.9 Å². The van der Waals surface area contributed by atoms with Crippen LogP contribution in [-0.2, 0) is 20.9 Å². The maximum absolute atomic E-state index is 15.0. The number of rotatable bonds is 7. The number of aromatic nitrogens is 4. The van der Waals surface area contributed by atoms with Crippen LogP contribution in [0.1, 0.15) is 44.9 Å². The van der Waals surface area contributed by atoms with Crippen molar-refractivity contribution in [3.8, 4) is 16.9 Å². The average molecular weight is 619 g/mol. The van der Waals surface area contributed by atoms with E-state index in [2.05, 4.69) is 16.5 Å². The lowest BCUT2D eigenvalue weighted by Gasteiger charge is -2.40. The van der Waals surface area contributed by atoms with Crippen molar-refractivity contribution in [1.82, 2.24) is 24.4 Å². The highest BCUT2D eigenvalue weighted by Crippen LogP contribution is 2.36. The van der Waals surface area contributed by atoms with Gasteiger partial charge in [0.15, 0.2) is 5.65 Å². The largest absolute Gasteiger partial charge is 0.461 e.